The number of hydrogen-bond donors (Lipinski definition) is 1. The molecule has 0 aliphatic heterocycles. The van der Waals surface area contributed by atoms with Crippen molar-refractivity contribution in [1.29, 1.82) is 0 Å². The molecule has 1 N–H and O–H groups in total. The van der Waals surface area contributed by atoms with E-state index < -0.39 is 0 Å². The third-order valence-corrected chi connectivity index (χ3v) is 1.85. The molecule has 0 atom stereocenters. The molecule has 4 nitrogen and oxygen atoms in total. The minimum Gasteiger partial charge on any atom is -0.378 e. The van der Waals surface area contributed by atoms with Crippen LogP contribution in [0.25, 0.3) is 0 Å². The molecule has 0 radical (unpaired) electrons. The Bertz CT molecular complexity index is 117. The van der Waals surface area contributed by atoms with Crippen molar-refractivity contribution in [2.45, 2.75) is 33.7 Å². The molecule has 0 heterocycles. The Hall–Kier alpha value is -0.160. The number of rotatable bonds is 10. The maximum absolute atomic E-state index is 5.39. The van der Waals surface area contributed by atoms with Crippen LogP contribution in [0.2, 0.25) is 0 Å². The second-order valence-corrected chi connectivity index (χ2v) is 4.14. The third kappa shape index (κ3) is 21.6. The van der Waals surface area contributed by atoms with E-state index >= 15 is 0 Å². The van der Waals surface area contributed by atoms with Crippen molar-refractivity contribution >= 4 is 0 Å². The summed E-state index contributed by atoms with van der Waals surface area (Å²) in [5.74, 6) is 0. The molecule has 0 spiro atoms. The van der Waals surface area contributed by atoms with Crippen LogP contribution < -0.4 is 5.32 Å². The molecule has 0 saturated heterocycles. The van der Waals surface area contributed by atoms with Gasteiger partial charge in [-0.15, -0.1) is 0 Å². The zero-order valence-corrected chi connectivity index (χ0v) is 12.6. The first-order valence-corrected chi connectivity index (χ1v) is 6.66. The van der Waals surface area contributed by atoms with Crippen molar-refractivity contribution in [2.24, 2.45) is 0 Å². The smallest absolute Gasteiger partial charge is 0.0701 e. The SMILES string of the molecule is CC.CC(C)NCCOCCOCCN(C)C. The summed E-state index contributed by atoms with van der Waals surface area (Å²) in [5, 5.41) is 3.29. The van der Waals surface area contributed by atoms with Crippen LogP contribution in [-0.4, -0.2) is 64.6 Å². The van der Waals surface area contributed by atoms with Gasteiger partial charge in [0, 0.05) is 19.1 Å². The molecule has 0 rings (SSSR count). The normalized spacial score (nSPS) is 10.6. The number of hydrogen-bond acceptors (Lipinski definition) is 4. The predicted octanol–water partition coefficient (Wildman–Crippen LogP) is 1.61. The van der Waals surface area contributed by atoms with Crippen molar-refractivity contribution in [2.75, 3.05) is 53.6 Å². The first kappa shape index (κ1) is 19.2. The maximum Gasteiger partial charge on any atom is 0.0701 e. The van der Waals surface area contributed by atoms with Gasteiger partial charge in [-0.2, -0.15) is 0 Å². The summed E-state index contributed by atoms with van der Waals surface area (Å²) in [4.78, 5) is 2.10. The second-order valence-electron chi connectivity index (χ2n) is 4.14. The molecule has 0 unspecified atom stereocenters. The van der Waals surface area contributed by atoms with Crippen LogP contribution >= 0.6 is 0 Å². The Balaban J connectivity index is 0. The van der Waals surface area contributed by atoms with Gasteiger partial charge in [-0.3, -0.25) is 0 Å². The van der Waals surface area contributed by atoms with E-state index in [1.165, 1.54) is 0 Å². The highest BCUT2D eigenvalue weighted by atomic mass is 16.5. The Labute approximate surface area is 108 Å². The Morgan fingerprint density at radius 1 is 0.941 bits per heavy atom. The first-order chi connectivity index (χ1) is 8.13. The monoisotopic (exact) mass is 248 g/mol. The van der Waals surface area contributed by atoms with Crippen molar-refractivity contribution < 1.29 is 9.47 Å². The topological polar surface area (TPSA) is 33.7 Å². The van der Waals surface area contributed by atoms with Gasteiger partial charge in [0.1, 0.15) is 0 Å². The summed E-state index contributed by atoms with van der Waals surface area (Å²) in [5.41, 5.74) is 0. The van der Waals surface area contributed by atoms with Gasteiger partial charge in [-0.1, -0.05) is 27.7 Å². The molecule has 17 heavy (non-hydrogen) atoms. The lowest BCUT2D eigenvalue weighted by Gasteiger charge is -2.10. The molecule has 0 aliphatic rings. The maximum atomic E-state index is 5.39. The van der Waals surface area contributed by atoms with E-state index in [9.17, 15) is 0 Å². The summed E-state index contributed by atoms with van der Waals surface area (Å²) >= 11 is 0. The summed E-state index contributed by atoms with van der Waals surface area (Å²) in [7, 11) is 4.08. The summed E-state index contributed by atoms with van der Waals surface area (Å²) in [6, 6.07) is 0.532. The molecular weight excluding hydrogens is 216 g/mol. The molecule has 4 heteroatoms. The summed E-state index contributed by atoms with van der Waals surface area (Å²) < 4.78 is 10.8. The highest BCUT2D eigenvalue weighted by Crippen LogP contribution is 1.81. The van der Waals surface area contributed by atoms with E-state index in [1.807, 2.05) is 27.9 Å². The molecule has 0 aliphatic carbocycles. The van der Waals surface area contributed by atoms with E-state index in [2.05, 4.69) is 24.1 Å². The molecule has 106 valence electrons. The van der Waals surface area contributed by atoms with Crippen LogP contribution in [0, 0.1) is 0 Å². The van der Waals surface area contributed by atoms with Gasteiger partial charge >= 0.3 is 0 Å². The molecule has 0 saturated carbocycles. The van der Waals surface area contributed by atoms with Gasteiger partial charge in [0.25, 0.3) is 0 Å². The van der Waals surface area contributed by atoms with E-state index in [0.717, 1.165) is 26.3 Å². The van der Waals surface area contributed by atoms with Gasteiger partial charge in [-0.05, 0) is 14.1 Å². The molecule has 0 aromatic carbocycles. The van der Waals surface area contributed by atoms with Crippen molar-refractivity contribution in [3.8, 4) is 0 Å². The zero-order chi connectivity index (χ0) is 13.5. The molecule has 0 aromatic heterocycles. The third-order valence-electron chi connectivity index (χ3n) is 1.85. The largest absolute Gasteiger partial charge is 0.378 e. The van der Waals surface area contributed by atoms with Gasteiger partial charge in [0.15, 0.2) is 0 Å². The minimum absolute atomic E-state index is 0.532. The summed E-state index contributed by atoms with van der Waals surface area (Å²) in [6.07, 6.45) is 0. The number of ether oxygens (including phenoxy) is 2. The Morgan fingerprint density at radius 3 is 1.94 bits per heavy atom. The van der Waals surface area contributed by atoms with E-state index in [4.69, 9.17) is 9.47 Å². The van der Waals surface area contributed by atoms with Crippen LogP contribution in [0.4, 0.5) is 0 Å². The van der Waals surface area contributed by atoms with Crippen LogP contribution in [0.15, 0.2) is 0 Å². The fourth-order valence-electron chi connectivity index (χ4n) is 0.989. The molecule has 0 aromatic rings. The fraction of sp³-hybridized carbons (Fsp3) is 1.00. The standard InChI is InChI=1S/C11H26N2O2.C2H6/c1-11(2)12-5-7-14-9-10-15-8-6-13(3)4;1-2/h11-12H,5-10H2,1-4H3;1-2H3. The van der Waals surface area contributed by atoms with Gasteiger partial charge < -0.3 is 19.7 Å². The van der Waals surface area contributed by atoms with Crippen LogP contribution in [-0.2, 0) is 9.47 Å². The minimum atomic E-state index is 0.532. The van der Waals surface area contributed by atoms with E-state index in [1.54, 1.807) is 0 Å². The lowest BCUT2D eigenvalue weighted by molar-refractivity contribution is 0.0434. The Morgan fingerprint density at radius 2 is 1.47 bits per heavy atom. The fourth-order valence-corrected chi connectivity index (χ4v) is 0.989. The average molecular weight is 248 g/mol. The van der Waals surface area contributed by atoms with Crippen LogP contribution in [0.3, 0.4) is 0 Å². The predicted molar refractivity (Wildman–Crippen MR) is 74.7 cm³/mol. The lowest BCUT2D eigenvalue weighted by atomic mass is 10.4. The number of likely N-dealkylation sites (N-methyl/N-ethyl adjacent to an activating group) is 1. The van der Waals surface area contributed by atoms with Crippen LogP contribution in [0.1, 0.15) is 27.7 Å². The van der Waals surface area contributed by atoms with Crippen molar-refractivity contribution in [3.05, 3.63) is 0 Å². The Kier molecular flexibility index (Phi) is 17.9. The highest BCUT2D eigenvalue weighted by molar-refractivity contribution is 4.50. The van der Waals surface area contributed by atoms with Gasteiger partial charge in [-0.25, -0.2) is 0 Å². The molecule has 0 fully saturated rings. The number of nitrogens with zero attached hydrogens (tertiary/aromatic N) is 1. The van der Waals surface area contributed by atoms with Crippen molar-refractivity contribution in [3.63, 3.8) is 0 Å². The first-order valence-electron chi connectivity index (χ1n) is 6.66. The number of nitrogens with one attached hydrogen (secondary N) is 1. The summed E-state index contributed by atoms with van der Waals surface area (Å²) in [6.45, 7) is 13.1. The molecule has 0 amide bonds. The molecule has 0 bridgehead atoms. The second kappa shape index (κ2) is 15.8. The highest BCUT2D eigenvalue weighted by Gasteiger charge is 1.93. The quantitative estimate of drug-likeness (QED) is 0.596. The van der Waals surface area contributed by atoms with E-state index in [0.29, 0.717) is 19.3 Å². The molecular formula is C13H32N2O2. The van der Waals surface area contributed by atoms with Crippen LogP contribution in [0.5, 0.6) is 0 Å². The zero-order valence-electron chi connectivity index (χ0n) is 12.6. The van der Waals surface area contributed by atoms with E-state index in [-0.39, 0.29) is 0 Å². The van der Waals surface area contributed by atoms with Gasteiger partial charge in [0.05, 0.1) is 26.4 Å². The van der Waals surface area contributed by atoms with Gasteiger partial charge in [0.2, 0.25) is 0 Å². The average Bonchev–Trinajstić information content (AvgIpc) is 2.29. The lowest BCUT2D eigenvalue weighted by Crippen LogP contribution is -2.27. The van der Waals surface area contributed by atoms with Crippen molar-refractivity contribution in [1.82, 2.24) is 10.2 Å².